The first-order valence-electron chi connectivity index (χ1n) is 6.26. The summed E-state index contributed by atoms with van der Waals surface area (Å²) in [5.74, 6) is -2.35. The molecule has 0 aliphatic heterocycles. The lowest BCUT2D eigenvalue weighted by atomic mass is 9.96. The molecular formula is C14H11FN4O2. The number of benzene rings is 1. The molecule has 2 heterocycles. The highest BCUT2D eigenvalue weighted by atomic mass is 19.1. The molecule has 3 aromatic rings. The average molecular weight is 286 g/mol. The molecule has 0 aliphatic rings. The zero-order chi connectivity index (χ0) is 14.8. The molecule has 1 N–H and O–H groups in total. The number of carbonyl (C=O) groups is 1. The number of hydrogen-bond acceptors (Lipinski definition) is 4. The highest BCUT2D eigenvalue weighted by Crippen LogP contribution is 2.22. The van der Waals surface area contributed by atoms with Crippen LogP contribution in [-0.2, 0) is 11.2 Å². The van der Waals surface area contributed by atoms with E-state index in [2.05, 4.69) is 15.2 Å². The van der Waals surface area contributed by atoms with E-state index in [0.717, 1.165) is 0 Å². The predicted molar refractivity (Wildman–Crippen MR) is 71.3 cm³/mol. The van der Waals surface area contributed by atoms with E-state index in [-0.39, 0.29) is 6.42 Å². The third kappa shape index (κ3) is 2.58. The Morgan fingerprint density at radius 3 is 3.05 bits per heavy atom. The second kappa shape index (κ2) is 5.28. The Balaban J connectivity index is 2.02. The first kappa shape index (κ1) is 13.2. The third-order valence-corrected chi connectivity index (χ3v) is 3.20. The van der Waals surface area contributed by atoms with Crippen molar-refractivity contribution in [1.82, 2.24) is 19.6 Å². The van der Waals surface area contributed by atoms with Gasteiger partial charge in [-0.3, -0.25) is 14.2 Å². The molecule has 0 radical (unpaired) electrons. The van der Waals surface area contributed by atoms with Gasteiger partial charge in [-0.2, -0.15) is 0 Å². The zero-order valence-corrected chi connectivity index (χ0v) is 10.8. The van der Waals surface area contributed by atoms with Crippen LogP contribution in [0.5, 0.6) is 0 Å². The highest BCUT2D eigenvalue weighted by molar-refractivity contribution is 5.78. The molecule has 0 saturated heterocycles. The summed E-state index contributed by atoms with van der Waals surface area (Å²) >= 11 is 0. The fourth-order valence-corrected chi connectivity index (χ4v) is 2.22. The number of hydrogen-bond donors (Lipinski definition) is 1. The van der Waals surface area contributed by atoms with E-state index in [4.69, 9.17) is 0 Å². The van der Waals surface area contributed by atoms with Crippen molar-refractivity contribution in [2.24, 2.45) is 0 Å². The number of halogens is 1. The summed E-state index contributed by atoms with van der Waals surface area (Å²) in [6.07, 6.45) is 4.74. The monoisotopic (exact) mass is 286 g/mol. The summed E-state index contributed by atoms with van der Waals surface area (Å²) in [6.45, 7) is 0. The molecule has 0 spiro atoms. The molecule has 3 rings (SSSR count). The molecule has 0 fully saturated rings. The lowest BCUT2D eigenvalue weighted by Crippen LogP contribution is -2.17. The Bertz CT molecular complexity index is 802. The van der Waals surface area contributed by atoms with Crippen LogP contribution in [0.4, 0.5) is 4.39 Å². The van der Waals surface area contributed by atoms with Crippen molar-refractivity contribution in [2.75, 3.05) is 0 Å². The minimum Gasteiger partial charge on any atom is -0.481 e. The van der Waals surface area contributed by atoms with Crippen molar-refractivity contribution < 1.29 is 14.3 Å². The van der Waals surface area contributed by atoms with Crippen molar-refractivity contribution in [1.29, 1.82) is 0 Å². The Morgan fingerprint density at radius 2 is 2.29 bits per heavy atom. The first-order chi connectivity index (χ1) is 10.1. The van der Waals surface area contributed by atoms with E-state index in [0.29, 0.717) is 16.9 Å². The van der Waals surface area contributed by atoms with E-state index in [1.165, 1.54) is 24.7 Å². The molecule has 2 aromatic heterocycles. The van der Waals surface area contributed by atoms with Crippen LogP contribution in [0.1, 0.15) is 17.2 Å². The van der Waals surface area contributed by atoms with Crippen molar-refractivity contribution in [2.45, 2.75) is 12.3 Å². The molecule has 21 heavy (non-hydrogen) atoms. The molecule has 1 unspecified atom stereocenters. The van der Waals surface area contributed by atoms with Gasteiger partial charge in [-0.15, -0.1) is 10.2 Å². The molecule has 7 heteroatoms. The Labute approximate surface area is 118 Å². The summed E-state index contributed by atoms with van der Waals surface area (Å²) in [4.78, 5) is 15.7. The predicted octanol–water partition coefficient (Wildman–Crippen LogP) is 1.67. The van der Waals surface area contributed by atoms with Gasteiger partial charge in [0.15, 0.2) is 5.65 Å². The second-order valence-electron chi connectivity index (χ2n) is 4.60. The van der Waals surface area contributed by atoms with Gasteiger partial charge in [-0.05, 0) is 24.1 Å². The Kier molecular flexibility index (Phi) is 3.31. The molecule has 0 amide bonds. The van der Waals surface area contributed by atoms with Crippen LogP contribution in [0.25, 0.3) is 5.65 Å². The summed E-state index contributed by atoms with van der Waals surface area (Å²) in [5.41, 5.74) is 1.29. The van der Waals surface area contributed by atoms with E-state index in [1.807, 2.05) is 0 Å². The fourth-order valence-electron chi connectivity index (χ4n) is 2.22. The van der Waals surface area contributed by atoms with Gasteiger partial charge >= 0.3 is 5.97 Å². The standard InChI is InChI=1S/C14H11FN4O2/c15-10-3-1-2-9(6-10)7-11(14(20)21)12-13-18-17-8-19(13)5-4-16-12/h1-6,8,11H,7H2,(H,20,21). The SMILES string of the molecule is O=C(O)C(Cc1cccc(F)c1)c1nccn2cnnc12. The van der Waals surface area contributed by atoms with Crippen molar-refractivity contribution >= 4 is 11.6 Å². The maximum atomic E-state index is 13.2. The van der Waals surface area contributed by atoms with E-state index < -0.39 is 17.7 Å². The maximum Gasteiger partial charge on any atom is 0.313 e. The number of carboxylic acids is 1. The van der Waals surface area contributed by atoms with Crippen LogP contribution >= 0.6 is 0 Å². The Hall–Kier alpha value is -2.83. The average Bonchev–Trinajstić information content (AvgIpc) is 2.93. The van der Waals surface area contributed by atoms with Crippen molar-refractivity contribution in [3.8, 4) is 0 Å². The topological polar surface area (TPSA) is 80.4 Å². The summed E-state index contributed by atoms with van der Waals surface area (Å²) < 4.78 is 14.8. The largest absolute Gasteiger partial charge is 0.481 e. The van der Waals surface area contributed by atoms with Gasteiger partial charge in [0.1, 0.15) is 23.8 Å². The van der Waals surface area contributed by atoms with Gasteiger partial charge in [0.25, 0.3) is 0 Å². The molecule has 0 saturated carbocycles. The van der Waals surface area contributed by atoms with E-state index >= 15 is 0 Å². The molecule has 1 aromatic carbocycles. The molecule has 0 bridgehead atoms. The van der Waals surface area contributed by atoms with E-state index in [1.54, 1.807) is 22.7 Å². The first-order valence-corrected chi connectivity index (χ1v) is 6.26. The molecule has 106 valence electrons. The van der Waals surface area contributed by atoms with Gasteiger partial charge in [-0.1, -0.05) is 12.1 Å². The highest BCUT2D eigenvalue weighted by Gasteiger charge is 2.25. The number of fused-ring (bicyclic) bond motifs is 1. The van der Waals surface area contributed by atoms with Crippen LogP contribution in [0, 0.1) is 5.82 Å². The number of aliphatic carboxylic acids is 1. The minimum absolute atomic E-state index is 0.132. The van der Waals surface area contributed by atoms with Crippen molar-refractivity contribution in [3.05, 3.63) is 60.1 Å². The summed E-state index contributed by atoms with van der Waals surface area (Å²) in [5, 5.41) is 17.1. The lowest BCUT2D eigenvalue weighted by Gasteiger charge is -2.12. The fraction of sp³-hybridized carbons (Fsp3) is 0.143. The van der Waals surface area contributed by atoms with Crippen LogP contribution < -0.4 is 0 Å². The number of aromatic nitrogens is 4. The number of carboxylic acid groups (broad SMARTS) is 1. The Morgan fingerprint density at radius 1 is 1.43 bits per heavy atom. The maximum absolute atomic E-state index is 13.2. The zero-order valence-electron chi connectivity index (χ0n) is 10.8. The van der Waals surface area contributed by atoms with Crippen LogP contribution in [0.2, 0.25) is 0 Å². The second-order valence-corrected chi connectivity index (χ2v) is 4.60. The quantitative estimate of drug-likeness (QED) is 0.789. The molecule has 6 nitrogen and oxygen atoms in total. The van der Waals surface area contributed by atoms with Crippen LogP contribution in [0.15, 0.2) is 43.0 Å². The van der Waals surface area contributed by atoms with E-state index in [9.17, 15) is 14.3 Å². The van der Waals surface area contributed by atoms with Gasteiger partial charge in [0, 0.05) is 12.4 Å². The van der Waals surface area contributed by atoms with Crippen molar-refractivity contribution in [3.63, 3.8) is 0 Å². The molecular weight excluding hydrogens is 275 g/mol. The smallest absolute Gasteiger partial charge is 0.313 e. The van der Waals surface area contributed by atoms with Gasteiger partial charge < -0.3 is 5.11 Å². The van der Waals surface area contributed by atoms with Crippen LogP contribution in [-0.4, -0.2) is 30.7 Å². The lowest BCUT2D eigenvalue weighted by molar-refractivity contribution is -0.138. The molecule has 0 aliphatic carbocycles. The van der Waals surface area contributed by atoms with Crippen LogP contribution in [0.3, 0.4) is 0 Å². The van der Waals surface area contributed by atoms with Gasteiger partial charge in [0.05, 0.1) is 0 Å². The number of rotatable bonds is 4. The molecule has 1 atom stereocenters. The summed E-state index contributed by atoms with van der Waals surface area (Å²) in [6, 6.07) is 5.87. The number of nitrogens with zero attached hydrogens (tertiary/aromatic N) is 4. The summed E-state index contributed by atoms with van der Waals surface area (Å²) in [7, 11) is 0. The minimum atomic E-state index is -1.04. The van der Waals surface area contributed by atoms with Gasteiger partial charge in [-0.25, -0.2) is 4.39 Å². The third-order valence-electron chi connectivity index (χ3n) is 3.20. The normalized spacial score (nSPS) is 12.4. The van der Waals surface area contributed by atoms with Gasteiger partial charge in [0.2, 0.25) is 0 Å².